The van der Waals surface area contributed by atoms with Gasteiger partial charge in [0.15, 0.2) is 15.6 Å². The van der Waals surface area contributed by atoms with Crippen molar-refractivity contribution in [3.63, 3.8) is 0 Å². The molecule has 1 heterocycles. The molecule has 1 aliphatic rings. The molecule has 0 unspecified atom stereocenters. The van der Waals surface area contributed by atoms with Crippen molar-refractivity contribution in [2.75, 3.05) is 13.2 Å². The summed E-state index contributed by atoms with van der Waals surface area (Å²) in [6.45, 7) is 9.40. The molecule has 0 saturated carbocycles. The normalized spacial score (nSPS) is 21.0. The number of rotatable bonds is 8. The van der Waals surface area contributed by atoms with Gasteiger partial charge in [-0.05, 0) is 46.8 Å². The fraction of sp³-hybridized carbons (Fsp3) is 0.571. The quantitative estimate of drug-likeness (QED) is 0.482. The molecule has 0 spiro atoms. The van der Waals surface area contributed by atoms with E-state index in [1.54, 1.807) is 57.2 Å². The summed E-state index contributed by atoms with van der Waals surface area (Å²) in [5.41, 5.74) is 0.844. The lowest BCUT2D eigenvalue weighted by atomic mass is 9.93. The molecule has 0 bridgehead atoms. The summed E-state index contributed by atoms with van der Waals surface area (Å²) in [5, 5.41) is -0.938. The highest BCUT2D eigenvalue weighted by molar-refractivity contribution is 7.92. The van der Waals surface area contributed by atoms with Gasteiger partial charge in [0.2, 0.25) is 0 Å². The predicted molar refractivity (Wildman–Crippen MR) is 106 cm³/mol. The van der Waals surface area contributed by atoms with E-state index >= 15 is 0 Å². The van der Waals surface area contributed by atoms with Crippen LogP contribution in [0, 0.1) is 5.92 Å². The number of hydrogen-bond acceptors (Lipinski definition) is 6. The lowest BCUT2D eigenvalue weighted by Crippen LogP contribution is -2.40. The molecule has 1 aliphatic heterocycles. The minimum Gasteiger partial charge on any atom is -0.466 e. The Labute approximate surface area is 167 Å². The molecule has 3 atom stereocenters. The lowest BCUT2D eigenvalue weighted by molar-refractivity contribution is -0.153. The molecule has 6 nitrogen and oxygen atoms in total. The van der Waals surface area contributed by atoms with Crippen LogP contribution in [0.3, 0.4) is 0 Å². The molecule has 0 radical (unpaired) electrons. The second-order valence-corrected chi connectivity index (χ2v) is 9.71. The Morgan fingerprint density at radius 2 is 1.93 bits per heavy atom. The second-order valence-electron chi connectivity index (χ2n) is 7.61. The number of ether oxygens (including phenoxy) is 3. The molecule has 0 aromatic heterocycles. The maximum absolute atomic E-state index is 13.5. The summed E-state index contributed by atoms with van der Waals surface area (Å²) in [6.07, 6.45) is 1.08. The van der Waals surface area contributed by atoms with Gasteiger partial charge < -0.3 is 14.2 Å². The van der Waals surface area contributed by atoms with Crippen LogP contribution in [0.4, 0.5) is 0 Å². The highest BCUT2D eigenvalue weighted by Crippen LogP contribution is 2.35. The van der Waals surface area contributed by atoms with E-state index in [4.69, 9.17) is 14.2 Å². The van der Waals surface area contributed by atoms with Crippen molar-refractivity contribution in [1.82, 2.24) is 0 Å². The van der Waals surface area contributed by atoms with Gasteiger partial charge in [-0.3, -0.25) is 4.79 Å². The van der Waals surface area contributed by atoms with E-state index in [0.717, 1.165) is 5.57 Å². The van der Waals surface area contributed by atoms with Crippen LogP contribution in [0.5, 0.6) is 0 Å². The first-order chi connectivity index (χ1) is 13.1. The average Bonchev–Trinajstić information content (AvgIpc) is 2.98. The third-order valence-corrected chi connectivity index (χ3v) is 6.70. The molecular weight excluding hydrogens is 380 g/mol. The number of benzene rings is 1. The van der Waals surface area contributed by atoms with Crippen LogP contribution in [0.2, 0.25) is 0 Å². The monoisotopic (exact) mass is 410 g/mol. The fourth-order valence-corrected chi connectivity index (χ4v) is 5.37. The van der Waals surface area contributed by atoms with Crippen molar-refractivity contribution in [3.05, 3.63) is 42.0 Å². The van der Waals surface area contributed by atoms with Crippen LogP contribution < -0.4 is 0 Å². The van der Waals surface area contributed by atoms with E-state index in [1.807, 2.05) is 13.8 Å². The van der Waals surface area contributed by atoms with E-state index in [9.17, 15) is 13.2 Å². The molecular formula is C21H30O6S. The topological polar surface area (TPSA) is 78.9 Å². The minimum atomic E-state index is -3.75. The van der Waals surface area contributed by atoms with Crippen LogP contribution in [-0.2, 0) is 28.8 Å². The number of hydrogen-bond donors (Lipinski definition) is 0. The van der Waals surface area contributed by atoms with E-state index in [-0.39, 0.29) is 24.5 Å². The molecule has 7 heteroatoms. The Morgan fingerprint density at radius 3 is 2.43 bits per heavy atom. The molecule has 1 aromatic rings. The van der Waals surface area contributed by atoms with Crippen LogP contribution in [-0.4, -0.2) is 44.7 Å². The number of esters is 1. The molecule has 1 aromatic carbocycles. The number of sulfone groups is 1. The van der Waals surface area contributed by atoms with Gasteiger partial charge in [-0.15, -0.1) is 0 Å². The average molecular weight is 411 g/mol. The summed E-state index contributed by atoms with van der Waals surface area (Å²) in [5.74, 6) is -1.92. The van der Waals surface area contributed by atoms with Gasteiger partial charge in [-0.2, -0.15) is 0 Å². The molecule has 1 fully saturated rings. The zero-order valence-corrected chi connectivity index (χ0v) is 18.0. The maximum Gasteiger partial charge on any atom is 0.306 e. The molecule has 2 rings (SSSR count). The number of allylic oxidation sites excluding steroid dienone is 1. The van der Waals surface area contributed by atoms with Gasteiger partial charge in [0.05, 0.1) is 35.9 Å². The Morgan fingerprint density at radius 1 is 1.29 bits per heavy atom. The zero-order chi connectivity index (χ0) is 20.9. The van der Waals surface area contributed by atoms with E-state index in [0.29, 0.717) is 0 Å². The number of carbonyl (C=O) groups excluding carboxylic acids is 1. The summed E-state index contributed by atoms with van der Waals surface area (Å²) in [7, 11) is -3.75. The highest BCUT2D eigenvalue weighted by atomic mass is 32.2. The van der Waals surface area contributed by atoms with Crippen LogP contribution in [0.15, 0.2) is 46.9 Å². The Kier molecular flexibility index (Phi) is 7.42. The van der Waals surface area contributed by atoms with Crippen molar-refractivity contribution >= 4 is 15.8 Å². The zero-order valence-electron chi connectivity index (χ0n) is 17.2. The maximum atomic E-state index is 13.5. The largest absolute Gasteiger partial charge is 0.466 e. The third kappa shape index (κ3) is 5.65. The minimum absolute atomic E-state index is 0.0710. The molecule has 0 amide bonds. The Balaban J connectivity index is 2.49. The Bertz CT molecular complexity index is 793. The first kappa shape index (κ1) is 22.6. The third-order valence-electron chi connectivity index (χ3n) is 4.57. The van der Waals surface area contributed by atoms with Crippen molar-refractivity contribution in [3.8, 4) is 0 Å². The summed E-state index contributed by atoms with van der Waals surface area (Å²) < 4.78 is 43.7. The molecule has 1 saturated heterocycles. The standard InChI is InChI=1S/C21H30O6S/c1-6-25-20(22)13-17(18-14-26-21(4,5)27-18)19(12-15(2)3)28(23,24)16-10-8-7-9-11-16/h7-12,17-19H,6,13-14H2,1-5H3/t17-,18-,19+/m1/s1. The Hall–Kier alpha value is -1.70. The SMILES string of the molecule is CCOC(=O)C[C@H]([C@H]1COC(C)(C)O1)[C@H](C=C(C)C)S(=O)(=O)c1ccccc1. The van der Waals surface area contributed by atoms with Crippen molar-refractivity contribution in [1.29, 1.82) is 0 Å². The predicted octanol–water partition coefficient (Wildman–Crippen LogP) is 3.52. The highest BCUT2D eigenvalue weighted by Gasteiger charge is 2.45. The van der Waals surface area contributed by atoms with Gasteiger partial charge >= 0.3 is 5.97 Å². The first-order valence-electron chi connectivity index (χ1n) is 9.48. The summed E-state index contributed by atoms with van der Waals surface area (Å²) in [4.78, 5) is 12.5. The molecule has 0 aliphatic carbocycles. The lowest BCUT2D eigenvalue weighted by Gasteiger charge is -2.29. The second kappa shape index (κ2) is 9.20. The molecule has 28 heavy (non-hydrogen) atoms. The fourth-order valence-electron chi connectivity index (χ4n) is 3.34. The van der Waals surface area contributed by atoms with Gasteiger partial charge in [0, 0.05) is 5.92 Å². The first-order valence-corrected chi connectivity index (χ1v) is 11.0. The van der Waals surface area contributed by atoms with Gasteiger partial charge in [-0.1, -0.05) is 29.8 Å². The van der Waals surface area contributed by atoms with E-state index in [2.05, 4.69) is 0 Å². The van der Waals surface area contributed by atoms with Gasteiger partial charge in [-0.25, -0.2) is 8.42 Å². The van der Waals surface area contributed by atoms with Crippen molar-refractivity contribution in [2.24, 2.45) is 5.92 Å². The van der Waals surface area contributed by atoms with Crippen LogP contribution >= 0.6 is 0 Å². The molecule has 156 valence electrons. The van der Waals surface area contributed by atoms with Crippen LogP contribution in [0.25, 0.3) is 0 Å². The van der Waals surface area contributed by atoms with E-state index < -0.39 is 38.9 Å². The van der Waals surface area contributed by atoms with Gasteiger partial charge in [0.1, 0.15) is 0 Å². The van der Waals surface area contributed by atoms with Crippen molar-refractivity contribution < 1.29 is 27.4 Å². The number of carbonyl (C=O) groups is 1. The van der Waals surface area contributed by atoms with Crippen LogP contribution in [0.1, 0.15) is 41.0 Å². The van der Waals surface area contributed by atoms with E-state index in [1.165, 1.54) is 0 Å². The van der Waals surface area contributed by atoms with Crippen molar-refractivity contribution in [2.45, 2.75) is 63.1 Å². The smallest absolute Gasteiger partial charge is 0.306 e. The van der Waals surface area contributed by atoms with Gasteiger partial charge in [0.25, 0.3) is 0 Å². The molecule has 0 N–H and O–H groups in total. The summed E-state index contributed by atoms with van der Waals surface area (Å²) >= 11 is 0. The summed E-state index contributed by atoms with van der Waals surface area (Å²) in [6, 6.07) is 8.27.